The maximum Gasteiger partial charge on any atom is 0.260 e. The van der Waals surface area contributed by atoms with Gasteiger partial charge in [-0.2, -0.15) is 0 Å². The Morgan fingerprint density at radius 2 is 1.88 bits per heavy atom. The molecule has 2 rings (SSSR count). The van der Waals surface area contributed by atoms with Crippen molar-refractivity contribution >= 4 is 17.7 Å². The molecule has 0 aliphatic rings. The van der Waals surface area contributed by atoms with E-state index >= 15 is 0 Å². The van der Waals surface area contributed by atoms with Gasteiger partial charge in [0.15, 0.2) is 6.10 Å². The SMILES string of the molecule is Cc1cc(C)c(C)c(O[C@H](C)C(=O)NCCSc2ccccc2)c1. The minimum absolute atomic E-state index is 0.0813. The molecule has 0 saturated heterocycles. The van der Waals surface area contributed by atoms with Gasteiger partial charge in [-0.3, -0.25) is 4.79 Å². The first kappa shape index (κ1) is 18.4. The number of benzene rings is 2. The van der Waals surface area contributed by atoms with E-state index in [2.05, 4.69) is 30.4 Å². The van der Waals surface area contributed by atoms with Crippen LogP contribution in [0.3, 0.4) is 0 Å². The van der Waals surface area contributed by atoms with Crippen LogP contribution in [-0.2, 0) is 4.79 Å². The lowest BCUT2D eigenvalue weighted by Gasteiger charge is -2.18. The van der Waals surface area contributed by atoms with Crippen LogP contribution in [0.25, 0.3) is 0 Å². The fourth-order valence-electron chi connectivity index (χ4n) is 2.37. The molecule has 0 aromatic heterocycles. The van der Waals surface area contributed by atoms with Crippen LogP contribution in [0.2, 0.25) is 0 Å². The van der Waals surface area contributed by atoms with Crippen molar-refractivity contribution in [2.24, 2.45) is 0 Å². The fraction of sp³-hybridized carbons (Fsp3) is 0.350. The first-order valence-electron chi connectivity index (χ1n) is 8.17. The van der Waals surface area contributed by atoms with Crippen molar-refractivity contribution in [3.05, 3.63) is 59.2 Å². The lowest BCUT2D eigenvalue weighted by atomic mass is 10.1. The number of rotatable bonds is 7. The summed E-state index contributed by atoms with van der Waals surface area (Å²) in [5, 5.41) is 2.94. The zero-order chi connectivity index (χ0) is 17.5. The number of aryl methyl sites for hydroxylation is 2. The summed E-state index contributed by atoms with van der Waals surface area (Å²) in [7, 11) is 0. The predicted molar refractivity (Wildman–Crippen MR) is 101 cm³/mol. The van der Waals surface area contributed by atoms with E-state index in [0.717, 1.165) is 22.6 Å². The number of carbonyl (C=O) groups is 1. The smallest absolute Gasteiger partial charge is 0.260 e. The highest BCUT2D eigenvalue weighted by atomic mass is 32.2. The Bertz CT molecular complexity index is 686. The van der Waals surface area contributed by atoms with Crippen molar-refractivity contribution in [3.63, 3.8) is 0 Å². The highest BCUT2D eigenvalue weighted by molar-refractivity contribution is 7.99. The molecule has 0 saturated carbocycles. The Labute approximate surface area is 148 Å². The molecule has 0 heterocycles. The standard InChI is InChI=1S/C20H25NO2S/c1-14-12-15(2)16(3)19(13-14)23-17(4)20(22)21-10-11-24-18-8-6-5-7-9-18/h5-9,12-13,17H,10-11H2,1-4H3,(H,21,22)/t17-/m1/s1. The Morgan fingerprint density at radius 1 is 1.17 bits per heavy atom. The maximum absolute atomic E-state index is 12.2. The third-order valence-corrected chi connectivity index (χ3v) is 4.86. The summed E-state index contributed by atoms with van der Waals surface area (Å²) in [4.78, 5) is 13.4. The Kier molecular flexibility index (Phi) is 6.73. The molecule has 0 spiro atoms. The zero-order valence-corrected chi connectivity index (χ0v) is 15.6. The third-order valence-electron chi connectivity index (χ3n) is 3.85. The molecule has 4 heteroatoms. The van der Waals surface area contributed by atoms with E-state index in [-0.39, 0.29) is 5.91 Å². The zero-order valence-electron chi connectivity index (χ0n) is 14.8. The second-order valence-electron chi connectivity index (χ2n) is 5.92. The first-order valence-corrected chi connectivity index (χ1v) is 9.16. The van der Waals surface area contributed by atoms with Gasteiger partial charge in [-0.1, -0.05) is 24.3 Å². The van der Waals surface area contributed by atoms with Gasteiger partial charge >= 0.3 is 0 Å². The van der Waals surface area contributed by atoms with Gasteiger partial charge in [-0.15, -0.1) is 11.8 Å². The Morgan fingerprint density at radius 3 is 2.58 bits per heavy atom. The van der Waals surface area contributed by atoms with Crippen molar-refractivity contribution in [1.82, 2.24) is 5.32 Å². The quantitative estimate of drug-likeness (QED) is 0.602. The van der Waals surface area contributed by atoms with Crippen molar-refractivity contribution < 1.29 is 9.53 Å². The summed E-state index contributed by atoms with van der Waals surface area (Å²) in [5.74, 6) is 1.54. The number of ether oxygens (including phenoxy) is 1. The average molecular weight is 343 g/mol. The minimum atomic E-state index is -0.508. The number of hydrogen-bond acceptors (Lipinski definition) is 3. The number of thioether (sulfide) groups is 1. The average Bonchev–Trinajstić information content (AvgIpc) is 2.56. The lowest BCUT2D eigenvalue weighted by molar-refractivity contribution is -0.127. The molecule has 0 radical (unpaired) electrons. The summed E-state index contributed by atoms with van der Waals surface area (Å²) in [5.41, 5.74) is 3.40. The minimum Gasteiger partial charge on any atom is -0.481 e. The van der Waals surface area contributed by atoms with E-state index in [1.807, 2.05) is 38.1 Å². The highest BCUT2D eigenvalue weighted by Crippen LogP contribution is 2.24. The molecule has 0 fully saturated rings. The van der Waals surface area contributed by atoms with Gasteiger partial charge in [0.25, 0.3) is 5.91 Å². The summed E-state index contributed by atoms with van der Waals surface area (Å²) >= 11 is 1.73. The van der Waals surface area contributed by atoms with Gasteiger partial charge in [0.05, 0.1) is 0 Å². The molecule has 0 aliphatic heterocycles. The van der Waals surface area contributed by atoms with Crippen molar-refractivity contribution in [2.45, 2.75) is 38.7 Å². The summed E-state index contributed by atoms with van der Waals surface area (Å²) < 4.78 is 5.87. The van der Waals surface area contributed by atoms with Crippen LogP contribution in [0.1, 0.15) is 23.6 Å². The topological polar surface area (TPSA) is 38.3 Å². The molecule has 2 aromatic rings. The molecular weight excluding hydrogens is 318 g/mol. The van der Waals surface area contributed by atoms with Gasteiger partial charge in [0, 0.05) is 17.2 Å². The van der Waals surface area contributed by atoms with Crippen molar-refractivity contribution in [2.75, 3.05) is 12.3 Å². The maximum atomic E-state index is 12.2. The van der Waals surface area contributed by atoms with Crippen LogP contribution in [0.5, 0.6) is 5.75 Å². The van der Waals surface area contributed by atoms with Gasteiger partial charge in [0.1, 0.15) is 5.75 Å². The molecule has 24 heavy (non-hydrogen) atoms. The van der Waals surface area contributed by atoms with Crippen LogP contribution in [0.15, 0.2) is 47.4 Å². The molecule has 128 valence electrons. The number of amides is 1. The van der Waals surface area contributed by atoms with Gasteiger partial charge in [0.2, 0.25) is 0 Å². The van der Waals surface area contributed by atoms with Crippen molar-refractivity contribution in [3.8, 4) is 5.75 Å². The second kappa shape index (κ2) is 8.78. The molecule has 3 nitrogen and oxygen atoms in total. The van der Waals surface area contributed by atoms with Gasteiger partial charge in [-0.05, 0) is 62.6 Å². The number of nitrogens with one attached hydrogen (secondary N) is 1. The van der Waals surface area contributed by atoms with Crippen LogP contribution >= 0.6 is 11.8 Å². The normalized spacial score (nSPS) is 11.8. The second-order valence-corrected chi connectivity index (χ2v) is 7.09. The molecule has 1 N–H and O–H groups in total. The first-order chi connectivity index (χ1) is 11.5. The molecule has 1 amide bonds. The van der Waals surface area contributed by atoms with Gasteiger partial charge < -0.3 is 10.1 Å². The number of carbonyl (C=O) groups excluding carboxylic acids is 1. The largest absolute Gasteiger partial charge is 0.481 e. The fourth-order valence-corrected chi connectivity index (χ4v) is 3.16. The van der Waals surface area contributed by atoms with E-state index in [4.69, 9.17) is 4.74 Å². The molecular formula is C20H25NO2S. The van der Waals surface area contributed by atoms with Crippen molar-refractivity contribution in [1.29, 1.82) is 0 Å². The Hall–Kier alpha value is -1.94. The monoisotopic (exact) mass is 343 g/mol. The summed E-state index contributed by atoms with van der Waals surface area (Å²) in [6, 6.07) is 14.3. The van der Waals surface area contributed by atoms with Crippen LogP contribution in [-0.4, -0.2) is 24.3 Å². The van der Waals surface area contributed by atoms with E-state index in [9.17, 15) is 4.79 Å². The van der Waals surface area contributed by atoms with E-state index < -0.39 is 6.10 Å². The molecule has 0 unspecified atom stereocenters. The van der Waals surface area contributed by atoms with Crippen LogP contribution in [0, 0.1) is 20.8 Å². The number of hydrogen-bond donors (Lipinski definition) is 1. The van der Waals surface area contributed by atoms with E-state index in [1.165, 1.54) is 10.5 Å². The molecule has 0 aliphatic carbocycles. The lowest BCUT2D eigenvalue weighted by Crippen LogP contribution is -2.37. The predicted octanol–water partition coefficient (Wildman–Crippen LogP) is 4.29. The third kappa shape index (κ3) is 5.31. The van der Waals surface area contributed by atoms with Gasteiger partial charge in [-0.25, -0.2) is 0 Å². The molecule has 1 atom stereocenters. The van der Waals surface area contributed by atoms with E-state index in [1.54, 1.807) is 18.7 Å². The highest BCUT2D eigenvalue weighted by Gasteiger charge is 2.16. The van der Waals surface area contributed by atoms with E-state index in [0.29, 0.717) is 6.54 Å². The Balaban J connectivity index is 1.80. The van der Waals surface area contributed by atoms with Crippen LogP contribution in [0.4, 0.5) is 0 Å². The molecule has 0 bridgehead atoms. The molecule has 2 aromatic carbocycles. The summed E-state index contributed by atoms with van der Waals surface area (Å²) in [6.45, 7) is 8.52. The van der Waals surface area contributed by atoms with Crippen LogP contribution < -0.4 is 10.1 Å². The summed E-state index contributed by atoms with van der Waals surface area (Å²) in [6.07, 6.45) is -0.508.